The van der Waals surface area contributed by atoms with E-state index in [0.29, 0.717) is 27.5 Å². The average molecular weight is 763 g/mol. The van der Waals surface area contributed by atoms with E-state index >= 15 is 4.79 Å². The number of anilines is 1. The van der Waals surface area contributed by atoms with Gasteiger partial charge >= 0.3 is 5.97 Å². The summed E-state index contributed by atoms with van der Waals surface area (Å²) in [6, 6.07) is 16.4. The number of methoxy groups -OCH3 is 1. The molecule has 0 bridgehead atoms. The van der Waals surface area contributed by atoms with Crippen LogP contribution in [0.3, 0.4) is 0 Å². The van der Waals surface area contributed by atoms with Gasteiger partial charge in [0.2, 0.25) is 11.8 Å². The van der Waals surface area contributed by atoms with Crippen LogP contribution in [0.25, 0.3) is 0 Å². The fraction of sp³-hybridized carbons (Fsp3) is 0.359. The first kappa shape index (κ1) is 36.3. The summed E-state index contributed by atoms with van der Waals surface area (Å²) in [5.74, 6) is -6.41. The van der Waals surface area contributed by atoms with Crippen LogP contribution in [-0.2, 0) is 29.4 Å². The number of likely N-dealkylation sites (tertiary alicyclic amines) is 1. The van der Waals surface area contributed by atoms with Crippen LogP contribution >= 0.6 is 23.2 Å². The second-order valence-corrected chi connectivity index (χ2v) is 14.5. The van der Waals surface area contributed by atoms with Crippen LogP contribution in [-0.4, -0.2) is 70.0 Å². The lowest BCUT2D eigenvalue weighted by Gasteiger charge is -2.50. The second-order valence-electron chi connectivity index (χ2n) is 13.7. The number of hydrogen-bond acceptors (Lipinski definition) is 9. The molecular formula is C39H37Cl2N3O9. The number of nitrogens with one attached hydrogen (secondary N) is 1. The Bertz CT molecular complexity index is 2050. The minimum Gasteiger partial charge on any atom is -0.504 e. The van der Waals surface area contributed by atoms with Crippen molar-refractivity contribution in [2.75, 3.05) is 25.7 Å². The van der Waals surface area contributed by atoms with Crippen molar-refractivity contribution in [2.24, 2.45) is 23.7 Å². The quantitative estimate of drug-likeness (QED) is 0.157. The number of hydrogen-bond donors (Lipinski definition) is 3. The highest BCUT2D eigenvalue weighted by Crippen LogP contribution is 2.64. The SMILES string of the molecule is CCOc1cc(C2C3=CCC4C(=O)N(CCCC(=O)O)C(=O)C4C3CC3C(=O)N(Nc4ccc(Cl)cc4Cl)C(=O)C32c2ccc(OC)cc2)ccc1O. The molecule has 2 heterocycles. The number of carbonyl (C=O) groups is 5. The van der Waals surface area contributed by atoms with Gasteiger partial charge < -0.3 is 19.7 Å². The Morgan fingerprint density at radius 3 is 2.42 bits per heavy atom. The van der Waals surface area contributed by atoms with E-state index in [9.17, 15) is 29.4 Å². The molecule has 53 heavy (non-hydrogen) atoms. The Morgan fingerprint density at radius 1 is 0.981 bits per heavy atom. The number of aromatic hydroxyl groups is 1. The lowest BCUT2D eigenvalue weighted by atomic mass is 9.49. The highest BCUT2D eigenvalue weighted by Gasteiger charge is 2.70. The van der Waals surface area contributed by atoms with Crippen molar-refractivity contribution in [3.05, 3.63) is 93.5 Å². The van der Waals surface area contributed by atoms with Crippen molar-refractivity contribution in [1.29, 1.82) is 0 Å². The van der Waals surface area contributed by atoms with Crippen LogP contribution in [0.5, 0.6) is 17.2 Å². The van der Waals surface area contributed by atoms with Gasteiger partial charge in [-0.15, -0.1) is 0 Å². The number of nitrogens with zero attached hydrogens (tertiary/aromatic N) is 2. The highest BCUT2D eigenvalue weighted by atomic mass is 35.5. The number of rotatable bonds is 11. The molecule has 6 unspecified atom stereocenters. The first-order valence-corrected chi connectivity index (χ1v) is 18.1. The zero-order chi connectivity index (χ0) is 37.8. The molecule has 3 N–H and O–H groups in total. The summed E-state index contributed by atoms with van der Waals surface area (Å²) in [5, 5.41) is 21.5. The molecule has 0 radical (unpaired) electrons. The molecule has 4 amide bonds. The number of aliphatic carboxylic acids is 1. The van der Waals surface area contributed by atoms with Gasteiger partial charge in [0.05, 0.1) is 47.6 Å². The zero-order valence-corrected chi connectivity index (χ0v) is 30.4. The maximum absolute atomic E-state index is 15.4. The molecule has 3 fully saturated rings. The number of halogens is 2. The Labute approximate surface area is 315 Å². The van der Waals surface area contributed by atoms with E-state index in [1.165, 1.54) is 19.2 Å². The standard InChI is InChI=1S/C39H37Cl2N3O9/c1-3-53-31-17-20(6-15-30(31)45)34-24-12-13-25-33(37(50)43(35(25)48)16-4-5-32(46)47)26(24)19-27-36(49)44(42-29-14-9-22(40)18-28(29)41)38(51)39(27,34)21-7-10-23(52-2)11-8-21/h6-12,14-15,17-18,25-27,33-34,42,45H,3-5,13,16,19H2,1-2H3,(H,46,47). The molecule has 2 saturated heterocycles. The number of hydrazine groups is 1. The summed E-state index contributed by atoms with van der Waals surface area (Å²) < 4.78 is 11.2. The van der Waals surface area contributed by atoms with Gasteiger partial charge in [0.1, 0.15) is 5.75 Å². The number of fused-ring (bicyclic) bond motifs is 4. The molecule has 3 aromatic carbocycles. The maximum atomic E-state index is 15.4. The predicted molar refractivity (Wildman–Crippen MR) is 193 cm³/mol. The number of carboxylic acid groups (broad SMARTS) is 1. The van der Waals surface area contributed by atoms with E-state index in [0.717, 1.165) is 9.91 Å². The molecule has 1 saturated carbocycles. The van der Waals surface area contributed by atoms with Crippen LogP contribution in [0, 0.1) is 23.7 Å². The number of allylic oxidation sites excluding steroid dienone is 2. The van der Waals surface area contributed by atoms with Crippen molar-refractivity contribution in [3.63, 3.8) is 0 Å². The molecule has 2 aliphatic heterocycles. The van der Waals surface area contributed by atoms with E-state index in [-0.39, 0.29) is 67.0 Å². The highest BCUT2D eigenvalue weighted by molar-refractivity contribution is 6.36. The fourth-order valence-electron chi connectivity index (χ4n) is 8.87. The first-order chi connectivity index (χ1) is 25.4. The molecule has 276 valence electrons. The van der Waals surface area contributed by atoms with E-state index in [4.69, 9.17) is 32.7 Å². The van der Waals surface area contributed by atoms with Crippen LogP contribution in [0.2, 0.25) is 10.0 Å². The third-order valence-electron chi connectivity index (χ3n) is 11.1. The molecule has 6 atom stereocenters. The lowest BCUT2D eigenvalue weighted by molar-refractivity contribution is -0.142. The van der Waals surface area contributed by atoms with Crippen molar-refractivity contribution >= 4 is 58.5 Å². The number of carboxylic acids is 1. The van der Waals surface area contributed by atoms with Crippen molar-refractivity contribution in [1.82, 2.24) is 9.91 Å². The largest absolute Gasteiger partial charge is 0.504 e. The average Bonchev–Trinajstić information content (AvgIpc) is 3.50. The molecule has 2 aliphatic carbocycles. The summed E-state index contributed by atoms with van der Waals surface area (Å²) in [7, 11) is 1.52. The third-order valence-corrected chi connectivity index (χ3v) is 11.6. The molecule has 12 nitrogen and oxygen atoms in total. The van der Waals surface area contributed by atoms with Crippen molar-refractivity contribution in [3.8, 4) is 17.2 Å². The monoisotopic (exact) mass is 761 g/mol. The van der Waals surface area contributed by atoms with Gasteiger partial charge in [-0.25, -0.2) is 0 Å². The molecule has 14 heteroatoms. The smallest absolute Gasteiger partial charge is 0.303 e. The summed E-state index contributed by atoms with van der Waals surface area (Å²) in [6.07, 6.45) is 2.09. The van der Waals surface area contributed by atoms with Crippen LogP contribution < -0.4 is 14.9 Å². The van der Waals surface area contributed by atoms with E-state index < -0.39 is 58.7 Å². The Kier molecular flexibility index (Phi) is 9.62. The van der Waals surface area contributed by atoms with Gasteiger partial charge in [-0.2, -0.15) is 5.01 Å². The second kappa shape index (κ2) is 14.1. The normalized spacial score (nSPS) is 26.2. The number of ether oxygens (including phenoxy) is 2. The topological polar surface area (TPSA) is 163 Å². The van der Waals surface area contributed by atoms with Crippen LogP contribution in [0.15, 0.2) is 72.3 Å². The Morgan fingerprint density at radius 2 is 1.74 bits per heavy atom. The number of amides is 4. The molecule has 7 rings (SSSR count). The Hall–Kier alpha value is -5.07. The molecule has 3 aromatic rings. The Balaban J connectivity index is 1.42. The van der Waals surface area contributed by atoms with E-state index in [2.05, 4.69) is 5.43 Å². The molecule has 0 aromatic heterocycles. The zero-order valence-electron chi connectivity index (χ0n) is 28.9. The summed E-state index contributed by atoms with van der Waals surface area (Å²) >= 11 is 12.7. The lowest BCUT2D eigenvalue weighted by Crippen LogP contribution is -2.53. The van der Waals surface area contributed by atoms with Crippen LogP contribution in [0.4, 0.5) is 5.69 Å². The van der Waals surface area contributed by atoms with Gasteiger partial charge in [-0.05, 0) is 85.7 Å². The summed E-state index contributed by atoms with van der Waals surface area (Å²) in [4.78, 5) is 70.6. The first-order valence-electron chi connectivity index (χ1n) is 17.4. The number of phenolic OH excluding ortho intramolecular Hbond substituents is 1. The fourth-order valence-corrected chi connectivity index (χ4v) is 9.32. The number of phenols is 1. The van der Waals surface area contributed by atoms with Gasteiger partial charge in [-0.3, -0.25) is 34.3 Å². The van der Waals surface area contributed by atoms with Gasteiger partial charge in [0, 0.05) is 23.9 Å². The minimum absolute atomic E-state index is 0.0334. The van der Waals surface area contributed by atoms with Gasteiger partial charge in [0.15, 0.2) is 11.5 Å². The molecular weight excluding hydrogens is 725 g/mol. The summed E-state index contributed by atoms with van der Waals surface area (Å²) in [5.41, 5.74) is 3.44. The predicted octanol–water partition coefficient (Wildman–Crippen LogP) is 5.96. The molecule has 4 aliphatic rings. The third kappa shape index (κ3) is 5.88. The summed E-state index contributed by atoms with van der Waals surface area (Å²) in [6.45, 7) is 1.99. The minimum atomic E-state index is -1.59. The van der Waals surface area contributed by atoms with E-state index in [1.54, 1.807) is 55.5 Å². The van der Waals surface area contributed by atoms with Gasteiger partial charge in [-0.1, -0.05) is 53.1 Å². The number of imide groups is 2. The number of benzene rings is 3. The number of carbonyl (C=O) groups excluding carboxylic acids is 4. The van der Waals surface area contributed by atoms with Crippen molar-refractivity contribution < 1.29 is 43.7 Å². The van der Waals surface area contributed by atoms with Gasteiger partial charge in [0.25, 0.3) is 11.8 Å². The van der Waals surface area contributed by atoms with Crippen LogP contribution in [0.1, 0.15) is 49.7 Å². The van der Waals surface area contributed by atoms with Crippen molar-refractivity contribution in [2.45, 2.75) is 43.9 Å². The van der Waals surface area contributed by atoms with E-state index in [1.807, 2.05) is 6.08 Å². The molecule has 0 spiro atoms. The maximum Gasteiger partial charge on any atom is 0.303 e.